The molecule has 0 saturated heterocycles. The zero-order valence-electron chi connectivity index (χ0n) is 22.0. The summed E-state index contributed by atoms with van der Waals surface area (Å²) in [6, 6.07) is 0. The Bertz CT molecular complexity index is 689. The van der Waals surface area contributed by atoms with Crippen LogP contribution in [-0.4, -0.2) is 17.0 Å². The smallest absolute Gasteiger partial charge is 0.0425 e. The summed E-state index contributed by atoms with van der Waals surface area (Å²) in [5.74, 6) is 0. The number of rotatable bonds is 5. The minimum Gasteiger partial charge on any atom is -0.271 e. The first-order valence-corrected chi connectivity index (χ1v) is 15.8. The molecule has 1 nitrogen and oxygen atoms in total. The Labute approximate surface area is 221 Å². The fourth-order valence-corrected chi connectivity index (χ4v) is 13.1. The van der Waals surface area contributed by atoms with Crippen LogP contribution in [0, 0.1) is 0 Å². The Morgan fingerprint density at radius 3 is 1.52 bits per heavy atom. The molecular weight excluding hydrogens is 453 g/mol. The second kappa shape index (κ2) is 15.1. The molecule has 0 aromatic heterocycles. The van der Waals surface area contributed by atoms with Crippen molar-refractivity contribution in [1.82, 2.24) is 0 Å². The number of nitrogens with zero attached hydrogens (tertiary/aromatic N) is 1. The van der Waals surface area contributed by atoms with Gasteiger partial charge in [-0.2, -0.15) is 0 Å². The molecule has 0 atom stereocenters. The molecule has 0 N–H and O–H groups in total. The first-order chi connectivity index (χ1) is 15.6. The second-order valence-corrected chi connectivity index (χ2v) is 14.8. The predicted molar refractivity (Wildman–Crippen MR) is 146 cm³/mol. The van der Waals surface area contributed by atoms with Gasteiger partial charge in [-0.05, 0) is 89.4 Å². The van der Waals surface area contributed by atoms with Crippen molar-refractivity contribution in [2.75, 3.05) is 0 Å². The van der Waals surface area contributed by atoms with Gasteiger partial charge in [0.1, 0.15) is 0 Å². The first-order valence-electron chi connectivity index (χ1n) is 13.8. The second-order valence-electron chi connectivity index (χ2n) is 10.8. The molecule has 0 heterocycles. The molecule has 3 fully saturated rings. The Kier molecular flexibility index (Phi) is 13.3. The monoisotopic (exact) mass is 503 g/mol. The summed E-state index contributed by atoms with van der Waals surface area (Å²) >= 11 is 0. The fourth-order valence-electron chi connectivity index (χ4n) is 6.60. The quantitative estimate of drug-likeness (QED) is 0.201. The van der Waals surface area contributed by atoms with Crippen LogP contribution in [-0.2, 0) is 21.7 Å². The van der Waals surface area contributed by atoms with E-state index in [0.717, 1.165) is 29.0 Å². The van der Waals surface area contributed by atoms with E-state index in [2.05, 4.69) is 37.8 Å². The van der Waals surface area contributed by atoms with Crippen LogP contribution in [0.4, 0.5) is 0 Å². The Balaban J connectivity index is 0.000000423. The van der Waals surface area contributed by atoms with Crippen molar-refractivity contribution in [1.29, 1.82) is 0 Å². The average molecular weight is 504 g/mol. The van der Waals surface area contributed by atoms with E-state index in [1.807, 2.05) is 13.8 Å². The molecule has 0 aromatic rings. The minimum atomic E-state index is -1.25. The SMILES string of the molecule is C1=CCC(N=P(C2CCCCC2)(C2CCCCC2)C2CCCCC2)=C1.C=C(C)C(C)=CC.[Ti]. The average Bonchev–Trinajstić information content (AvgIpc) is 3.37. The van der Waals surface area contributed by atoms with E-state index in [0.29, 0.717) is 0 Å². The number of allylic oxidation sites excluding steroid dienone is 6. The van der Waals surface area contributed by atoms with E-state index >= 15 is 0 Å². The Morgan fingerprint density at radius 1 is 0.818 bits per heavy atom. The van der Waals surface area contributed by atoms with Gasteiger partial charge in [-0.25, -0.2) is 0 Å². The molecule has 0 aromatic carbocycles. The molecule has 4 aliphatic rings. The molecule has 0 amide bonds. The van der Waals surface area contributed by atoms with E-state index in [9.17, 15) is 0 Å². The number of hydrogen-bond acceptors (Lipinski definition) is 1. The molecule has 0 unspecified atom stereocenters. The van der Waals surface area contributed by atoms with Crippen molar-refractivity contribution < 1.29 is 21.7 Å². The molecule has 33 heavy (non-hydrogen) atoms. The standard InChI is InChI=1S/C23H38NP.C7H12.Ti/c1-4-14-21(15-5-1)25(22-16-6-2-7-17-22,23-18-8-3-9-19-23)24-20-12-10-11-13-20;1-5-7(4)6(2)3;/h10-12,21-23H,1-9,13-19H2;5H,2H2,1,3-4H3;. The van der Waals surface area contributed by atoms with Crippen LogP contribution < -0.4 is 0 Å². The molecule has 3 heteroatoms. The van der Waals surface area contributed by atoms with E-state index in [-0.39, 0.29) is 21.7 Å². The molecule has 3 saturated carbocycles. The topological polar surface area (TPSA) is 12.4 Å². The van der Waals surface area contributed by atoms with Crippen LogP contribution >= 0.6 is 7.05 Å². The van der Waals surface area contributed by atoms with Crippen LogP contribution in [0.5, 0.6) is 0 Å². The summed E-state index contributed by atoms with van der Waals surface area (Å²) in [5, 5.41) is 0. The third-order valence-corrected chi connectivity index (χ3v) is 14.3. The molecule has 0 bridgehead atoms. The summed E-state index contributed by atoms with van der Waals surface area (Å²) in [6.07, 6.45) is 32.5. The van der Waals surface area contributed by atoms with Crippen molar-refractivity contribution >= 4 is 7.05 Å². The van der Waals surface area contributed by atoms with E-state index < -0.39 is 7.05 Å². The summed E-state index contributed by atoms with van der Waals surface area (Å²) in [7, 11) is -1.25. The third-order valence-electron chi connectivity index (χ3n) is 8.64. The van der Waals surface area contributed by atoms with Gasteiger partial charge in [0.2, 0.25) is 0 Å². The van der Waals surface area contributed by atoms with Crippen LogP contribution in [0.25, 0.3) is 0 Å². The van der Waals surface area contributed by atoms with Crippen LogP contribution in [0.1, 0.15) is 124 Å². The Morgan fingerprint density at radius 2 is 1.24 bits per heavy atom. The van der Waals surface area contributed by atoms with Gasteiger partial charge in [-0.15, -0.1) is 0 Å². The van der Waals surface area contributed by atoms with Gasteiger partial charge in [0, 0.05) is 33.8 Å². The van der Waals surface area contributed by atoms with Gasteiger partial charge >= 0.3 is 0 Å². The van der Waals surface area contributed by atoms with Crippen LogP contribution in [0.15, 0.2) is 52.5 Å². The van der Waals surface area contributed by atoms with Crippen molar-refractivity contribution in [3.05, 3.63) is 47.7 Å². The molecule has 0 aliphatic heterocycles. The normalized spacial score (nSPS) is 23.2. The maximum Gasteiger partial charge on any atom is 0.0425 e. The predicted octanol–water partition coefficient (Wildman–Crippen LogP) is 10.6. The van der Waals surface area contributed by atoms with E-state index in [1.165, 1.54) is 108 Å². The van der Waals surface area contributed by atoms with Gasteiger partial charge in [-0.3, -0.25) is 4.74 Å². The minimum absolute atomic E-state index is 0. The zero-order chi connectivity index (χ0) is 22.8. The van der Waals surface area contributed by atoms with E-state index in [1.54, 1.807) is 0 Å². The van der Waals surface area contributed by atoms with Crippen LogP contribution in [0.3, 0.4) is 0 Å². The van der Waals surface area contributed by atoms with Gasteiger partial charge in [-0.1, -0.05) is 93.7 Å². The molecule has 0 radical (unpaired) electrons. The zero-order valence-corrected chi connectivity index (χ0v) is 24.4. The molecule has 184 valence electrons. The summed E-state index contributed by atoms with van der Waals surface area (Å²) in [4.78, 5) is 0. The first kappa shape index (κ1) is 29.1. The maximum absolute atomic E-state index is 5.89. The number of hydrogen-bond donors (Lipinski definition) is 0. The molecule has 4 aliphatic carbocycles. The molecule has 0 spiro atoms. The van der Waals surface area contributed by atoms with Gasteiger partial charge in [0.15, 0.2) is 0 Å². The summed E-state index contributed by atoms with van der Waals surface area (Å²) in [6.45, 7) is 9.84. The van der Waals surface area contributed by atoms with Gasteiger partial charge in [0.05, 0.1) is 0 Å². The van der Waals surface area contributed by atoms with Crippen molar-refractivity contribution in [2.24, 2.45) is 4.74 Å². The fraction of sp³-hybridized carbons (Fsp3) is 0.733. The van der Waals surface area contributed by atoms with Gasteiger partial charge in [0.25, 0.3) is 0 Å². The van der Waals surface area contributed by atoms with Gasteiger partial charge < -0.3 is 0 Å². The maximum atomic E-state index is 5.89. The largest absolute Gasteiger partial charge is 0.271 e. The van der Waals surface area contributed by atoms with Crippen molar-refractivity contribution in [2.45, 2.75) is 140 Å². The van der Waals surface area contributed by atoms with Crippen molar-refractivity contribution in [3.8, 4) is 0 Å². The Hall–Kier alpha value is -0.0957. The van der Waals surface area contributed by atoms with Crippen LogP contribution in [0.2, 0.25) is 0 Å². The van der Waals surface area contributed by atoms with E-state index in [4.69, 9.17) is 4.74 Å². The molecule has 4 rings (SSSR count). The van der Waals surface area contributed by atoms with Crippen molar-refractivity contribution in [3.63, 3.8) is 0 Å². The third kappa shape index (κ3) is 7.95. The molecular formula is C30H50NPTi. The summed E-state index contributed by atoms with van der Waals surface area (Å²) < 4.78 is 5.89. The summed E-state index contributed by atoms with van der Waals surface area (Å²) in [5.41, 5.74) is 6.83.